The normalized spacial score (nSPS) is 14.6. The number of thiophene rings is 1. The molecule has 2 N–H and O–H groups in total. The maximum Gasteiger partial charge on any atom is 0.248 e. The molecule has 1 aromatic heterocycles. The lowest BCUT2D eigenvalue weighted by molar-refractivity contribution is 0.100. The molecule has 0 fully saturated rings. The van der Waals surface area contributed by atoms with E-state index in [0.717, 1.165) is 32.3 Å². The summed E-state index contributed by atoms with van der Waals surface area (Å²) in [5.41, 5.74) is 8.33. The number of primary amides is 1. The molecule has 1 heterocycles. The molecule has 158 valence electrons. The van der Waals surface area contributed by atoms with Crippen molar-refractivity contribution in [1.82, 2.24) is 0 Å². The molecule has 2 aromatic carbocycles. The van der Waals surface area contributed by atoms with Gasteiger partial charge in [-0.25, -0.2) is 12.8 Å². The van der Waals surface area contributed by atoms with E-state index in [1.165, 1.54) is 12.2 Å². The molecule has 4 nitrogen and oxygen atoms in total. The van der Waals surface area contributed by atoms with Gasteiger partial charge in [-0.1, -0.05) is 30.3 Å². The summed E-state index contributed by atoms with van der Waals surface area (Å²) >= 11 is 1.57. The highest BCUT2D eigenvalue weighted by atomic mass is 32.2. The Kier molecular flexibility index (Phi) is 5.64. The van der Waals surface area contributed by atoms with Gasteiger partial charge in [-0.3, -0.25) is 4.79 Å². The summed E-state index contributed by atoms with van der Waals surface area (Å²) in [4.78, 5) is 12.8. The number of sulfone groups is 1. The molecule has 4 rings (SSSR count). The summed E-state index contributed by atoms with van der Waals surface area (Å²) < 4.78 is 39.1. The number of hydrogen-bond donors (Lipinski definition) is 1. The average molecular weight is 454 g/mol. The number of hydrogen-bond acceptors (Lipinski definition) is 4. The highest BCUT2D eigenvalue weighted by Crippen LogP contribution is 2.36. The molecule has 1 amide bonds. The molecule has 7 heteroatoms. The summed E-state index contributed by atoms with van der Waals surface area (Å²) in [5, 5.41) is 1.03. The van der Waals surface area contributed by atoms with Crippen LogP contribution < -0.4 is 5.73 Å². The monoisotopic (exact) mass is 453 g/mol. The molecule has 0 unspecified atom stereocenters. The van der Waals surface area contributed by atoms with Crippen LogP contribution in [0.15, 0.2) is 83.1 Å². The van der Waals surface area contributed by atoms with Gasteiger partial charge in [0.2, 0.25) is 5.91 Å². The van der Waals surface area contributed by atoms with Gasteiger partial charge in [-0.2, -0.15) is 0 Å². The smallest absolute Gasteiger partial charge is 0.248 e. The van der Waals surface area contributed by atoms with Gasteiger partial charge >= 0.3 is 0 Å². The van der Waals surface area contributed by atoms with Crippen molar-refractivity contribution >= 4 is 37.2 Å². The largest absolute Gasteiger partial charge is 0.366 e. The third-order valence-electron chi connectivity index (χ3n) is 5.08. The molecule has 0 bridgehead atoms. The minimum atomic E-state index is -3.40. The number of fused-ring (bicyclic) bond motifs is 1. The van der Waals surface area contributed by atoms with Gasteiger partial charge < -0.3 is 5.73 Å². The van der Waals surface area contributed by atoms with Crippen LogP contribution in [0.2, 0.25) is 0 Å². The van der Waals surface area contributed by atoms with Crippen LogP contribution in [0.3, 0.4) is 0 Å². The molecule has 0 atom stereocenters. The van der Waals surface area contributed by atoms with Crippen LogP contribution in [0.4, 0.5) is 4.39 Å². The minimum Gasteiger partial charge on any atom is -0.366 e. The van der Waals surface area contributed by atoms with E-state index in [0.29, 0.717) is 17.6 Å². The van der Waals surface area contributed by atoms with Crippen molar-refractivity contribution in [2.24, 2.45) is 5.73 Å². The number of nitrogens with two attached hydrogens (primary N) is 1. The molecule has 1 aliphatic carbocycles. The second-order valence-corrected chi connectivity index (χ2v) is 10.7. The van der Waals surface area contributed by atoms with Crippen molar-refractivity contribution in [3.63, 3.8) is 0 Å². The van der Waals surface area contributed by atoms with Gasteiger partial charge in [0.25, 0.3) is 0 Å². The molecule has 0 saturated heterocycles. The van der Waals surface area contributed by atoms with E-state index in [9.17, 15) is 17.6 Å². The Balaban J connectivity index is 1.74. The third kappa shape index (κ3) is 4.68. The topological polar surface area (TPSA) is 77.2 Å². The van der Waals surface area contributed by atoms with Gasteiger partial charge in [-0.15, -0.1) is 11.3 Å². The second-order valence-electron chi connectivity index (χ2n) is 7.45. The molecule has 31 heavy (non-hydrogen) atoms. The van der Waals surface area contributed by atoms with Crippen molar-refractivity contribution in [2.75, 3.05) is 6.26 Å². The summed E-state index contributed by atoms with van der Waals surface area (Å²) in [5.74, 6) is -0.917. The predicted octanol–water partition coefficient (Wildman–Crippen LogP) is 5.32. The Morgan fingerprint density at radius 2 is 1.90 bits per heavy atom. The fourth-order valence-corrected chi connectivity index (χ4v) is 5.55. The van der Waals surface area contributed by atoms with Crippen LogP contribution in [-0.2, 0) is 16.3 Å². The number of halogens is 1. The quantitative estimate of drug-likeness (QED) is 0.568. The van der Waals surface area contributed by atoms with E-state index in [1.54, 1.807) is 35.6 Å². The number of allylic oxidation sites excluding steroid dienone is 6. The minimum absolute atomic E-state index is 0.0530. The van der Waals surface area contributed by atoms with E-state index < -0.39 is 21.6 Å². The van der Waals surface area contributed by atoms with Crippen molar-refractivity contribution in [3.05, 3.63) is 93.5 Å². The zero-order valence-electron chi connectivity index (χ0n) is 16.8. The molecule has 0 aliphatic heterocycles. The number of carbonyl (C=O) groups is 1. The molecule has 3 aromatic rings. The Hall–Kier alpha value is -3.03. The van der Waals surface area contributed by atoms with Gasteiger partial charge in [0, 0.05) is 39.1 Å². The summed E-state index contributed by atoms with van der Waals surface area (Å²) in [6.07, 6.45) is 5.85. The molecule has 0 radical (unpaired) electrons. The predicted molar refractivity (Wildman–Crippen MR) is 124 cm³/mol. The van der Waals surface area contributed by atoms with Crippen LogP contribution in [0, 0.1) is 0 Å². The van der Waals surface area contributed by atoms with Gasteiger partial charge in [-0.05, 0) is 58.5 Å². The van der Waals surface area contributed by atoms with Gasteiger partial charge in [0.15, 0.2) is 9.84 Å². The molecule has 0 saturated carbocycles. The van der Waals surface area contributed by atoms with Gasteiger partial charge in [0.05, 0.1) is 0 Å². The Labute approximate surface area is 184 Å². The maximum atomic E-state index is 14.1. The second kappa shape index (κ2) is 8.24. The summed E-state index contributed by atoms with van der Waals surface area (Å²) in [7, 11) is -3.40. The zero-order chi connectivity index (χ0) is 22.2. The number of amides is 1. The lowest BCUT2D eigenvalue weighted by atomic mass is 10.0. The van der Waals surface area contributed by atoms with Gasteiger partial charge in [0.1, 0.15) is 5.83 Å². The van der Waals surface area contributed by atoms with E-state index in [4.69, 9.17) is 5.73 Å². The fourth-order valence-electron chi connectivity index (χ4n) is 3.57. The van der Waals surface area contributed by atoms with Crippen LogP contribution in [0.5, 0.6) is 0 Å². The van der Waals surface area contributed by atoms with Crippen molar-refractivity contribution in [1.29, 1.82) is 0 Å². The van der Waals surface area contributed by atoms with Crippen molar-refractivity contribution in [3.8, 4) is 11.1 Å². The Morgan fingerprint density at radius 1 is 1.13 bits per heavy atom. The molecular formula is C24H20FNO3S2. The number of carbonyl (C=O) groups excluding carboxylic acids is 1. The zero-order valence-corrected chi connectivity index (χ0v) is 18.4. The van der Waals surface area contributed by atoms with Crippen LogP contribution in [0.1, 0.15) is 21.7 Å². The average Bonchev–Trinajstić information content (AvgIpc) is 3.02. The number of benzene rings is 2. The van der Waals surface area contributed by atoms with Crippen molar-refractivity contribution < 1.29 is 17.6 Å². The standard InChI is InChI=1S/C24H20FNO3S2/c1-31(28,29)21-9-8-19(25)10-15(12-21)11-20-14-17-5-3-7-22(23(17)30-20)16-4-2-6-18(13-16)24(26)27/h2-8,10,12-14H,9,11H2,1H3,(H2,26,27). The van der Waals surface area contributed by atoms with Crippen LogP contribution in [0.25, 0.3) is 21.2 Å². The lowest BCUT2D eigenvalue weighted by Gasteiger charge is -2.05. The SMILES string of the molecule is CS(=O)(=O)C1=CC(Cc2cc3cccc(-c4cccc(C(N)=O)c4)c3s2)=CC(F)=CC1. The van der Waals surface area contributed by atoms with E-state index in [-0.39, 0.29) is 11.3 Å². The van der Waals surface area contributed by atoms with Crippen LogP contribution in [-0.4, -0.2) is 20.6 Å². The fraction of sp³-hybridized carbons (Fsp3) is 0.125. The van der Waals surface area contributed by atoms with Crippen molar-refractivity contribution in [2.45, 2.75) is 12.8 Å². The summed E-state index contributed by atoms with van der Waals surface area (Å²) in [6, 6.07) is 15.1. The van der Waals surface area contributed by atoms with E-state index in [2.05, 4.69) is 0 Å². The van der Waals surface area contributed by atoms with E-state index in [1.807, 2.05) is 30.3 Å². The highest BCUT2D eigenvalue weighted by Gasteiger charge is 2.16. The Morgan fingerprint density at radius 3 is 2.65 bits per heavy atom. The first-order chi connectivity index (χ1) is 14.7. The Bertz CT molecular complexity index is 1400. The lowest BCUT2D eigenvalue weighted by Crippen LogP contribution is -2.10. The van der Waals surface area contributed by atoms with Crippen LogP contribution >= 0.6 is 11.3 Å². The maximum absolute atomic E-state index is 14.1. The molecule has 1 aliphatic rings. The summed E-state index contributed by atoms with van der Waals surface area (Å²) in [6.45, 7) is 0. The highest BCUT2D eigenvalue weighted by molar-refractivity contribution is 7.94. The first kappa shape index (κ1) is 21.2. The van der Waals surface area contributed by atoms with E-state index >= 15 is 0 Å². The molecule has 0 spiro atoms. The molecular weight excluding hydrogens is 433 g/mol. The first-order valence-electron chi connectivity index (χ1n) is 9.59. The third-order valence-corrected chi connectivity index (χ3v) is 7.50. The first-order valence-corrected chi connectivity index (χ1v) is 12.3. The number of rotatable bonds is 5.